The number of alkyl halides is 1. The molecule has 76 valence electrons. The maximum absolute atomic E-state index is 12.1. The van der Waals surface area contributed by atoms with E-state index >= 15 is 0 Å². The molecular weight excluding hydrogens is 167 g/mol. The van der Waals surface area contributed by atoms with E-state index in [0.717, 1.165) is 26.2 Å². The van der Waals surface area contributed by atoms with E-state index in [1.54, 1.807) is 0 Å². The summed E-state index contributed by atoms with van der Waals surface area (Å²) < 4.78 is 12.1. The molecule has 2 fully saturated rings. The van der Waals surface area contributed by atoms with Crippen LogP contribution in [0.3, 0.4) is 0 Å². The highest BCUT2D eigenvalue weighted by Crippen LogP contribution is 2.38. The van der Waals surface area contributed by atoms with Crippen LogP contribution in [0.2, 0.25) is 0 Å². The number of nitrogens with zero attached hydrogens (tertiary/aromatic N) is 1. The van der Waals surface area contributed by atoms with Crippen molar-refractivity contribution in [2.75, 3.05) is 39.4 Å². The quantitative estimate of drug-likeness (QED) is 0.693. The molecule has 2 heterocycles. The molecule has 0 unspecified atom stereocenters. The van der Waals surface area contributed by atoms with Gasteiger partial charge in [0.05, 0.1) is 0 Å². The minimum Gasteiger partial charge on any atom is -0.317 e. The third-order valence-electron chi connectivity index (χ3n) is 3.58. The molecular formula is C10H19FN2. The fraction of sp³-hybridized carbons (Fsp3) is 1.00. The van der Waals surface area contributed by atoms with Gasteiger partial charge in [-0.15, -0.1) is 0 Å². The maximum atomic E-state index is 12.1. The molecule has 0 atom stereocenters. The van der Waals surface area contributed by atoms with E-state index in [1.807, 2.05) is 0 Å². The van der Waals surface area contributed by atoms with Crippen molar-refractivity contribution in [3.8, 4) is 0 Å². The Bertz CT molecular complexity index is 166. The summed E-state index contributed by atoms with van der Waals surface area (Å²) in [7, 11) is 0. The number of hydrogen-bond acceptors (Lipinski definition) is 2. The number of halogens is 1. The first kappa shape index (κ1) is 9.41. The van der Waals surface area contributed by atoms with Gasteiger partial charge in [-0.25, -0.2) is 4.39 Å². The van der Waals surface area contributed by atoms with Gasteiger partial charge in [0.25, 0.3) is 0 Å². The van der Waals surface area contributed by atoms with Gasteiger partial charge in [0, 0.05) is 13.1 Å². The van der Waals surface area contributed by atoms with E-state index < -0.39 is 0 Å². The van der Waals surface area contributed by atoms with Gasteiger partial charge in [0.1, 0.15) is 6.67 Å². The van der Waals surface area contributed by atoms with E-state index in [4.69, 9.17) is 0 Å². The first-order chi connectivity index (χ1) is 6.35. The lowest BCUT2D eigenvalue weighted by molar-refractivity contribution is 0.191. The molecule has 0 aromatic carbocycles. The summed E-state index contributed by atoms with van der Waals surface area (Å²) in [5, 5.41) is 3.39. The Kier molecular flexibility index (Phi) is 2.84. The monoisotopic (exact) mass is 186 g/mol. The number of hydrogen-bond donors (Lipinski definition) is 1. The average Bonchev–Trinajstić information content (AvgIpc) is 2.51. The van der Waals surface area contributed by atoms with Gasteiger partial charge in [-0.05, 0) is 44.3 Å². The molecule has 3 heteroatoms. The van der Waals surface area contributed by atoms with Crippen LogP contribution < -0.4 is 5.32 Å². The number of nitrogens with one attached hydrogen (secondary N) is 1. The van der Waals surface area contributed by atoms with Crippen molar-refractivity contribution in [1.29, 1.82) is 0 Å². The second-order valence-electron chi connectivity index (χ2n) is 4.47. The number of piperidine rings is 1. The molecule has 0 aromatic heterocycles. The van der Waals surface area contributed by atoms with E-state index in [2.05, 4.69) is 10.2 Å². The van der Waals surface area contributed by atoms with Gasteiger partial charge < -0.3 is 10.2 Å². The Morgan fingerprint density at radius 3 is 2.69 bits per heavy atom. The van der Waals surface area contributed by atoms with Gasteiger partial charge in [0.15, 0.2) is 0 Å². The first-order valence-corrected chi connectivity index (χ1v) is 5.34. The van der Waals surface area contributed by atoms with Crippen molar-refractivity contribution in [1.82, 2.24) is 10.2 Å². The third-order valence-corrected chi connectivity index (χ3v) is 3.58. The SMILES string of the molecule is FCCN1CCC2(CCNCC2)C1. The largest absolute Gasteiger partial charge is 0.317 e. The third kappa shape index (κ3) is 2.02. The Hall–Kier alpha value is -0.150. The van der Waals surface area contributed by atoms with Crippen molar-refractivity contribution in [2.45, 2.75) is 19.3 Å². The zero-order chi connectivity index (χ0) is 9.15. The van der Waals surface area contributed by atoms with Crippen molar-refractivity contribution < 1.29 is 4.39 Å². The zero-order valence-electron chi connectivity index (χ0n) is 8.19. The van der Waals surface area contributed by atoms with Crippen molar-refractivity contribution >= 4 is 0 Å². The van der Waals surface area contributed by atoms with E-state index in [-0.39, 0.29) is 6.67 Å². The summed E-state index contributed by atoms with van der Waals surface area (Å²) in [5.74, 6) is 0. The van der Waals surface area contributed by atoms with Crippen LogP contribution in [-0.2, 0) is 0 Å². The summed E-state index contributed by atoms with van der Waals surface area (Å²) in [5.41, 5.74) is 0.542. The topological polar surface area (TPSA) is 15.3 Å². The second-order valence-corrected chi connectivity index (χ2v) is 4.47. The normalized spacial score (nSPS) is 28.4. The van der Waals surface area contributed by atoms with Gasteiger partial charge in [-0.3, -0.25) is 0 Å². The molecule has 1 spiro atoms. The summed E-state index contributed by atoms with van der Waals surface area (Å²) in [6.45, 7) is 5.03. The van der Waals surface area contributed by atoms with E-state index in [9.17, 15) is 4.39 Å². The van der Waals surface area contributed by atoms with Gasteiger partial charge >= 0.3 is 0 Å². The maximum Gasteiger partial charge on any atom is 0.102 e. The van der Waals surface area contributed by atoms with Crippen LogP contribution in [0.1, 0.15) is 19.3 Å². The predicted molar refractivity (Wildman–Crippen MR) is 51.6 cm³/mol. The first-order valence-electron chi connectivity index (χ1n) is 5.34. The minimum atomic E-state index is -0.186. The van der Waals surface area contributed by atoms with Crippen LogP contribution >= 0.6 is 0 Å². The molecule has 2 rings (SSSR count). The van der Waals surface area contributed by atoms with Crippen LogP contribution in [0.15, 0.2) is 0 Å². The molecule has 2 aliphatic heterocycles. The minimum absolute atomic E-state index is 0.186. The van der Waals surface area contributed by atoms with Crippen LogP contribution in [0.25, 0.3) is 0 Å². The Balaban J connectivity index is 1.87. The van der Waals surface area contributed by atoms with Gasteiger partial charge in [-0.2, -0.15) is 0 Å². The zero-order valence-corrected chi connectivity index (χ0v) is 8.19. The molecule has 2 saturated heterocycles. The molecule has 0 amide bonds. The highest BCUT2D eigenvalue weighted by atomic mass is 19.1. The second kappa shape index (κ2) is 3.93. The van der Waals surface area contributed by atoms with E-state index in [1.165, 1.54) is 19.3 Å². The van der Waals surface area contributed by atoms with Crippen LogP contribution in [-0.4, -0.2) is 44.3 Å². The molecule has 0 aliphatic carbocycles. The Morgan fingerprint density at radius 1 is 1.23 bits per heavy atom. The van der Waals surface area contributed by atoms with Gasteiger partial charge in [0.2, 0.25) is 0 Å². The van der Waals surface area contributed by atoms with Crippen LogP contribution in [0.5, 0.6) is 0 Å². The Morgan fingerprint density at radius 2 is 2.00 bits per heavy atom. The average molecular weight is 186 g/mol. The highest BCUT2D eigenvalue weighted by Gasteiger charge is 2.38. The van der Waals surface area contributed by atoms with Gasteiger partial charge in [-0.1, -0.05) is 0 Å². The fourth-order valence-electron chi connectivity index (χ4n) is 2.70. The standard InChI is InChI=1S/C10H19FN2/c11-4-8-13-7-3-10(9-13)1-5-12-6-2-10/h12H,1-9H2. The fourth-order valence-corrected chi connectivity index (χ4v) is 2.70. The van der Waals surface area contributed by atoms with Crippen molar-refractivity contribution in [3.63, 3.8) is 0 Å². The Labute approximate surface area is 79.5 Å². The predicted octanol–water partition coefficient (Wildman–Crippen LogP) is 1.03. The summed E-state index contributed by atoms with van der Waals surface area (Å²) in [6, 6.07) is 0. The van der Waals surface area contributed by atoms with Crippen LogP contribution in [0.4, 0.5) is 4.39 Å². The molecule has 13 heavy (non-hydrogen) atoms. The van der Waals surface area contributed by atoms with Crippen molar-refractivity contribution in [2.24, 2.45) is 5.41 Å². The van der Waals surface area contributed by atoms with Crippen LogP contribution in [0, 0.1) is 5.41 Å². The van der Waals surface area contributed by atoms with Crippen molar-refractivity contribution in [3.05, 3.63) is 0 Å². The number of likely N-dealkylation sites (tertiary alicyclic amines) is 1. The smallest absolute Gasteiger partial charge is 0.102 e. The van der Waals surface area contributed by atoms with E-state index in [0.29, 0.717) is 12.0 Å². The summed E-state index contributed by atoms with van der Waals surface area (Å²) in [6.07, 6.45) is 3.86. The molecule has 1 N–H and O–H groups in total. The summed E-state index contributed by atoms with van der Waals surface area (Å²) >= 11 is 0. The lowest BCUT2D eigenvalue weighted by Gasteiger charge is -2.33. The summed E-state index contributed by atoms with van der Waals surface area (Å²) in [4.78, 5) is 2.28. The lowest BCUT2D eigenvalue weighted by Crippen LogP contribution is -2.38. The molecule has 0 bridgehead atoms. The number of rotatable bonds is 2. The molecule has 0 aromatic rings. The lowest BCUT2D eigenvalue weighted by atomic mass is 9.78. The molecule has 2 aliphatic rings. The molecule has 0 radical (unpaired) electrons. The molecule has 2 nitrogen and oxygen atoms in total. The molecule has 0 saturated carbocycles. The highest BCUT2D eigenvalue weighted by molar-refractivity contribution is 4.92.